The van der Waals surface area contributed by atoms with Gasteiger partial charge < -0.3 is 14.1 Å². The van der Waals surface area contributed by atoms with E-state index in [1.165, 1.54) is 22.2 Å². The van der Waals surface area contributed by atoms with Crippen LogP contribution < -0.4 is 4.90 Å². The van der Waals surface area contributed by atoms with Crippen LogP contribution in [0.5, 0.6) is 0 Å². The van der Waals surface area contributed by atoms with E-state index < -0.39 is 9.84 Å². The van der Waals surface area contributed by atoms with Gasteiger partial charge in [0.05, 0.1) is 24.0 Å². The molecule has 27 heavy (non-hydrogen) atoms. The Balaban J connectivity index is 1.27. The van der Waals surface area contributed by atoms with Crippen LogP contribution in [0.4, 0.5) is 0 Å². The summed E-state index contributed by atoms with van der Waals surface area (Å²) in [6.07, 6.45) is 0.711. The van der Waals surface area contributed by atoms with Gasteiger partial charge in [0.2, 0.25) is 5.89 Å². The Morgan fingerprint density at radius 3 is 2.85 bits per heavy atom. The lowest BCUT2D eigenvalue weighted by atomic mass is 10.1. The third kappa shape index (κ3) is 5.10. The number of morpholine rings is 1. The maximum atomic E-state index is 11.6. The first kappa shape index (κ1) is 18.9. The molecule has 0 amide bonds. The quantitative estimate of drug-likeness (QED) is 0.696. The van der Waals surface area contributed by atoms with E-state index in [4.69, 9.17) is 9.15 Å². The number of quaternary nitrogens is 1. The molecule has 7 nitrogen and oxygen atoms in total. The van der Waals surface area contributed by atoms with Gasteiger partial charge in [0, 0.05) is 11.3 Å². The van der Waals surface area contributed by atoms with Crippen molar-refractivity contribution in [3.05, 3.63) is 41.8 Å². The number of thioether (sulfide) groups is 1. The molecule has 0 aliphatic carbocycles. The molecule has 3 atom stereocenters. The average Bonchev–Trinajstić information content (AvgIpc) is 3.27. The van der Waals surface area contributed by atoms with Gasteiger partial charge in [-0.1, -0.05) is 42.1 Å². The van der Waals surface area contributed by atoms with Crippen molar-refractivity contribution >= 4 is 21.6 Å². The molecule has 2 aliphatic rings. The smallest absolute Gasteiger partial charge is 0.276 e. The highest BCUT2D eigenvalue weighted by Gasteiger charge is 2.33. The Hall–Kier alpha value is -1.42. The van der Waals surface area contributed by atoms with E-state index >= 15 is 0 Å². The van der Waals surface area contributed by atoms with Crippen molar-refractivity contribution in [1.29, 1.82) is 0 Å². The van der Waals surface area contributed by atoms with E-state index in [9.17, 15) is 8.42 Å². The fraction of sp³-hybridized carbons (Fsp3) is 0.556. The largest absolute Gasteiger partial charge is 0.416 e. The Morgan fingerprint density at radius 2 is 2.07 bits per heavy atom. The molecule has 2 saturated heterocycles. The van der Waals surface area contributed by atoms with Gasteiger partial charge in [-0.15, -0.1) is 10.2 Å². The van der Waals surface area contributed by atoms with E-state index in [0.717, 1.165) is 32.0 Å². The van der Waals surface area contributed by atoms with Gasteiger partial charge in [-0.25, -0.2) is 8.42 Å². The molecule has 1 aromatic carbocycles. The van der Waals surface area contributed by atoms with Crippen molar-refractivity contribution in [1.82, 2.24) is 10.2 Å². The third-order valence-electron chi connectivity index (χ3n) is 5.02. The molecule has 9 heteroatoms. The first-order chi connectivity index (χ1) is 13.1. The van der Waals surface area contributed by atoms with Crippen molar-refractivity contribution in [2.45, 2.75) is 30.2 Å². The van der Waals surface area contributed by atoms with Crippen molar-refractivity contribution in [3.63, 3.8) is 0 Å². The van der Waals surface area contributed by atoms with Gasteiger partial charge in [0.1, 0.15) is 25.7 Å². The molecule has 0 spiro atoms. The van der Waals surface area contributed by atoms with Crippen molar-refractivity contribution < 1.29 is 22.5 Å². The lowest BCUT2D eigenvalue weighted by Crippen LogP contribution is -3.13. The number of aromatic nitrogens is 2. The van der Waals surface area contributed by atoms with E-state index in [2.05, 4.69) is 34.5 Å². The summed E-state index contributed by atoms with van der Waals surface area (Å²) < 4.78 is 34.8. The highest BCUT2D eigenvalue weighted by Crippen LogP contribution is 2.29. The van der Waals surface area contributed by atoms with Crippen LogP contribution in [0, 0.1) is 0 Å². The Labute approximate surface area is 163 Å². The molecule has 1 N–H and O–H groups in total. The SMILES string of the molecule is O=S1(=O)CC[C@@H](c2nnc(SC[C@H]3C[NH+](Cc4ccccc4)CCO3)o2)C1. The van der Waals surface area contributed by atoms with Gasteiger partial charge in [0.25, 0.3) is 5.22 Å². The van der Waals surface area contributed by atoms with Crippen LogP contribution in [-0.4, -0.2) is 61.7 Å². The summed E-state index contributed by atoms with van der Waals surface area (Å²) in [4.78, 5) is 1.51. The van der Waals surface area contributed by atoms with Crippen LogP contribution >= 0.6 is 11.8 Å². The molecule has 3 heterocycles. The van der Waals surface area contributed by atoms with Crippen LogP contribution in [0.1, 0.15) is 23.8 Å². The van der Waals surface area contributed by atoms with Gasteiger partial charge in [-0.05, 0) is 6.42 Å². The van der Waals surface area contributed by atoms with E-state index in [1.54, 1.807) is 0 Å². The number of nitrogens with one attached hydrogen (secondary N) is 1. The van der Waals surface area contributed by atoms with Gasteiger partial charge in [-0.3, -0.25) is 0 Å². The van der Waals surface area contributed by atoms with Crippen molar-refractivity contribution in [3.8, 4) is 0 Å². The lowest BCUT2D eigenvalue weighted by Gasteiger charge is -2.29. The van der Waals surface area contributed by atoms with Gasteiger partial charge in [0.15, 0.2) is 9.84 Å². The molecule has 1 aromatic heterocycles. The van der Waals surface area contributed by atoms with Crippen LogP contribution in [0.15, 0.2) is 40.0 Å². The van der Waals surface area contributed by atoms with Gasteiger partial charge in [-0.2, -0.15) is 0 Å². The predicted molar refractivity (Wildman–Crippen MR) is 102 cm³/mol. The number of nitrogens with zero attached hydrogens (tertiary/aromatic N) is 2. The zero-order valence-electron chi connectivity index (χ0n) is 15.0. The average molecular weight is 411 g/mol. The second-order valence-corrected chi connectivity index (χ2v) is 10.4. The maximum Gasteiger partial charge on any atom is 0.276 e. The first-order valence-electron chi connectivity index (χ1n) is 9.23. The summed E-state index contributed by atoms with van der Waals surface area (Å²) in [7, 11) is -2.95. The first-order valence-corrected chi connectivity index (χ1v) is 12.0. The predicted octanol–water partition coefficient (Wildman–Crippen LogP) is 0.548. The number of ether oxygens (including phenoxy) is 1. The molecule has 2 aliphatic heterocycles. The van der Waals surface area contributed by atoms with E-state index in [1.807, 2.05) is 6.07 Å². The fourth-order valence-electron chi connectivity index (χ4n) is 3.60. The van der Waals surface area contributed by atoms with Crippen LogP contribution in [0.3, 0.4) is 0 Å². The second kappa shape index (κ2) is 8.30. The monoisotopic (exact) mass is 410 g/mol. The standard InChI is InChI=1S/C18H23N3O4S2/c22-27(23)9-6-15(13-27)17-19-20-18(25-17)26-12-16-11-21(7-8-24-16)10-14-4-2-1-3-5-14/h1-5,15-16H,6-13H2/p+1/t15-,16-/m1/s1. The fourth-order valence-corrected chi connectivity index (χ4v) is 6.12. The zero-order chi connectivity index (χ0) is 18.7. The maximum absolute atomic E-state index is 11.6. The minimum Gasteiger partial charge on any atom is -0.416 e. The molecular weight excluding hydrogens is 386 g/mol. The molecule has 2 fully saturated rings. The molecule has 4 rings (SSSR count). The van der Waals surface area contributed by atoms with Gasteiger partial charge >= 0.3 is 0 Å². The molecule has 2 aromatic rings. The minimum absolute atomic E-state index is 0.114. The topological polar surface area (TPSA) is 86.7 Å². The minimum atomic E-state index is -2.95. The Morgan fingerprint density at radius 1 is 1.22 bits per heavy atom. The van der Waals surface area contributed by atoms with Crippen molar-refractivity contribution in [2.75, 3.05) is 37.0 Å². The Kier molecular flexibility index (Phi) is 5.82. The number of rotatable bonds is 6. The summed E-state index contributed by atoms with van der Waals surface area (Å²) in [6.45, 7) is 3.72. The molecular formula is C18H24N3O4S2+. The molecule has 0 bridgehead atoms. The molecule has 146 valence electrons. The lowest BCUT2D eigenvalue weighted by molar-refractivity contribution is -0.924. The van der Waals surface area contributed by atoms with Crippen LogP contribution in [0.25, 0.3) is 0 Å². The Bertz CT molecular complexity index is 857. The van der Waals surface area contributed by atoms with E-state index in [0.29, 0.717) is 17.5 Å². The van der Waals surface area contributed by atoms with Crippen molar-refractivity contribution in [2.24, 2.45) is 0 Å². The summed E-state index contributed by atoms with van der Waals surface area (Å²) >= 11 is 1.49. The summed E-state index contributed by atoms with van der Waals surface area (Å²) in [5.41, 5.74) is 1.34. The molecule has 0 radical (unpaired) electrons. The zero-order valence-corrected chi connectivity index (χ0v) is 16.7. The normalized spacial score (nSPS) is 27.6. The summed E-state index contributed by atoms with van der Waals surface area (Å²) in [5.74, 6) is 1.36. The molecule has 0 saturated carbocycles. The van der Waals surface area contributed by atoms with E-state index in [-0.39, 0.29) is 23.5 Å². The number of hydrogen-bond donors (Lipinski definition) is 1. The number of hydrogen-bond acceptors (Lipinski definition) is 7. The summed E-state index contributed by atoms with van der Waals surface area (Å²) in [6, 6.07) is 10.5. The molecule has 1 unspecified atom stereocenters. The highest BCUT2D eigenvalue weighted by atomic mass is 32.2. The number of benzene rings is 1. The van der Waals surface area contributed by atoms with Crippen LogP contribution in [-0.2, 0) is 21.1 Å². The number of sulfone groups is 1. The summed E-state index contributed by atoms with van der Waals surface area (Å²) in [5, 5.41) is 8.61. The highest BCUT2D eigenvalue weighted by molar-refractivity contribution is 7.99. The van der Waals surface area contributed by atoms with Crippen LogP contribution in [0.2, 0.25) is 0 Å². The third-order valence-corrected chi connectivity index (χ3v) is 7.74. The second-order valence-electron chi connectivity index (χ2n) is 7.18.